The molecule has 1 unspecified atom stereocenters. The highest BCUT2D eigenvalue weighted by atomic mass is 16.5. The Bertz CT molecular complexity index is 420. The van der Waals surface area contributed by atoms with E-state index in [1.807, 2.05) is 12.1 Å². The van der Waals surface area contributed by atoms with Crippen LogP contribution in [0.1, 0.15) is 10.4 Å². The molecule has 1 fully saturated rings. The first-order valence-corrected chi connectivity index (χ1v) is 5.96. The lowest BCUT2D eigenvalue weighted by molar-refractivity contribution is -0.0530. The highest BCUT2D eigenvalue weighted by Crippen LogP contribution is 2.16. The van der Waals surface area contributed by atoms with Crippen LogP contribution in [0.25, 0.3) is 0 Å². The van der Waals surface area contributed by atoms with Gasteiger partial charge in [0.1, 0.15) is 0 Å². The predicted molar refractivity (Wildman–Crippen MR) is 68.4 cm³/mol. The molecular weight excluding hydrogens is 232 g/mol. The van der Waals surface area contributed by atoms with Crippen LogP contribution in [0.5, 0.6) is 0 Å². The molecule has 0 aromatic heterocycles. The number of nitrogens with zero attached hydrogens (tertiary/aromatic N) is 1. The van der Waals surface area contributed by atoms with Gasteiger partial charge in [-0.3, -0.25) is 4.79 Å². The van der Waals surface area contributed by atoms with Crippen LogP contribution in [0.3, 0.4) is 0 Å². The second kappa shape index (κ2) is 5.84. The molecule has 2 N–H and O–H groups in total. The Morgan fingerprint density at radius 3 is 3.06 bits per heavy atom. The zero-order chi connectivity index (χ0) is 13.0. The Kier molecular flexibility index (Phi) is 4.17. The van der Waals surface area contributed by atoms with E-state index in [1.54, 1.807) is 24.1 Å². The summed E-state index contributed by atoms with van der Waals surface area (Å²) in [5.41, 5.74) is 6.88. The van der Waals surface area contributed by atoms with Gasteiger partial charge in [0.25, 0.3) is 5.91 Å². The Hall–Kier alpha value is -1.59. The van der Waals surface area contributed by atoms with Crippen molar-refractivity contribution in [2.24, 2.45) is 0 Å². The van der Waals surface area contributed by atoms with Gasteiger partial charge in [-0.15, -0.1) is 0 Å². The Morgan fingerprint density at radius 2 is 2.33 bits per heavy atom. The minimum atomic E-state index is -0.0577. The van der Waals surface area contributed by atoms with Gasteiger partial charge in [0.05, 0.1) is 24.9 Å². The zero-order valence-electron chi connectivity index (χ0n) is 10.5. The van der Waals surface area contributed by atoms with E-state index in [-0.39, 0.29) is 12.0 Å². The molecule has 5 heteroatoms. The molecule has 18 heavy (non-hydrogen) atoms. The van der Waals surface area contributed by atoms with E-state index in [4.69, 9.17) is 15.2 Å². The van der Waals surface area contributed by atoms with Crippen LogP contribution >= 0.6 is 0 Å². The average Bonchev–Trinajstić information content (AvgIpc) is 2.39. The number of carbonyl (C=O) groups excluding carboxylic acids is 1. The Labute approximate surface area is 106 Å². The van der Waals surface area contributed by atoms with Crippen molar-refractivity contribution < 1.29 is 14.3 Å². The summed E-state index contributed by atoms with van der Waals surface area (Å²) in [5, 5.41) is 0. The number of para-hydroxylation sites is 1. The number of nitrogen functional groups attached to an aromatic ring is 1. The highest BCUT2D eigenvalue weighted by Gasteiger charge is 2.25. The number of nitrogens with two attached hydrogens (primary N) is 1. The van der Waals surface area contributed by atoms with Crippen molar-refractivity contribution in [1.82, 2.24) is 4.90 Å². The van der Waals surface area contributed by atoms with Crippen molar-refractivity contribution in [1.29, 1.82) is 0 Å². The first kappa shape index (κ1) is 12.9. The molecule has 0 spiro atoms. The molecule has 1 saturated heterocycles. The third kappa shape index (κ3) is 2.80. The number of benzene rings is 1. The SMILES string of the molecule is COCC1CN(C(=O)c2ccccc2N)CCO1. The highest BCUT2D eigenvalue weighted by molar-refractivity contribution is 5.99. The number of hydrogen-bond donors (Lipinski definition) is 1. The number of rotatable bonds is 3. The lowest BCUT2D eigenvalue weighted by Gasteiger charge is -2.32. The standard InChI is InChI=1S/C13H18N2O3/c1-17-9-10-8-15(6-7-18-10)13(16)11-4-2-3-5-12(11)14/h2-5,10H,6-9,14H2,1H3. The van der Waals surface area contributed by atoms with Crippen molar-refractivity contribution in [3.05, 3.63) is 29.8 Å². The van der Waals surface area contributed by atoms with Gasteiger partial charge in [0.15, 0.2) is 0 Å². The molecule has 0 bridgehead atoms. The van der Waals surface area contributed by atoms with Crippen molar-refractivity contribution >= 4 is 11.6 Å². The topological polar surface area (TPSA) is 64.8 Å². The monoisotopic (exact) mass is 250 g/mol. The summed E-state index contributed by atoms with van der Waals surface area (Å²) < 4.78 is 10.6. The summed E-state index contributed by atoms with van der Waals surface area (Å²) in [5.74, 6) is -0.0440. The number of ether oxygens (including phenoxy) is 2. The van der Waals surface area contributed by atoms with Gasteiger partial charge in [0, 0.05) is 25.9 Å². The zero-order valence-corrected chi connectivity index (χ0v) is 10.5. The molecule has 0 saturated carbocycles. The fourth-order valence-corrected chi connectivity index (χ4v) is 2.05. The van der Waals surface area contributed by atoms with Crippen LogP contribution in [-0.4, -0.2) is 50.3 Å². The molecule has 1 heterocycles. The number of amides is 1. The number of anilines is 1. The molecule has 0 radical (unpaired) electrons. The lowest BCUT2D eigenvalue weighted by atomic mass is 10.1. The van der Waals surface area contributed by atoms with Crippen LogP contribution in [-0.2, 0) is 9.47 Å². The van der Waals surface area contributed by atoms with Crippen LogP contribution in [0.4, 0.5) is 5.69 Å². The first-order chi connectivity index (χ1) is 8.72. The van der Waals surface area contributed by atoms with Gasteiger partial charge >= 0.3 is 0 Å². The quantitative estimate of drug-likeness (QED) is 0.804. The van der Waals surface area contributed by atoms with Gasteiger partial charge in [-0.1, -0.05) is 12.1 Å². The van der Waals surface area contributed by atoms with Gasteiger partial charge in [0.2, 0.25) is 0 Å². The number of carbonyl (C=O) groups is 1. The fourth-order valence-electron chi connectivity index (χ4n) is 2.05. The summed E-state index contributed by atoms with van der Waals surface area (Å²) >= 11 is 0. The molecule has 1 atom stereocenters. The fraction of sp³-hybridized carbons (Fsp3) is 0.462. The van der Waals surface area contributed by atoms with Crippen LogP contribution in [0, 0.1) is 0 Å². The largest absolute Gasteiger partial charge is 0.398 e. The summed E-state index contributed by atoms with van der Waals surface area (Å²) in [7, 11) is 1.62. The number of hydrogen-bond acceptors (Lipinski definition) is 4. The summed E-state index contributed by atoms with van der Waals surface area (Å²) in [6.07, 6.45) is -0.0577. The minimum absolute atomic E-state index is 0.0440. The van der Waals surface area contributed by atoms with Gasteiger partial charge in [-0.05, 0) is 12.1 Å². The van der Waals surface area contributed by atoms with Crippen molar-refractivity contribution in [3.63, 3.8) is 0 Å². The second-order valence-electron chi connectivity index (χ2n) is 4.29. The third-order valence-electron chi connectivity index (χ3n) is 2.97. The molecule has 2 rings (SSSR count). The van der Waals surface area contributed by atoms with E-state index < -0.39 is 0 Å². The van der Waals surface area contributed by atoms with Crippen LogP contribution < -0.4 is 5.73 Å². The maximum atomic E-state index is 12.3. The van der Waals surface area contributed by atoms with E-state index in [0.717, 1.165) is 0 Å². The summed E-state index contributed by atoms with van der Waals surface area (Å²) in [6, 6.07) is 7.12. The molecular formula is C13H18N2O3. The Morgan fingerprint density at radius 1 is 1.56 bits per heavy atom. The van der Waals surface area contributed by atoms with Gasteiger partial charge in [-0.25, -0.2) is 0 Å². The average molecular weight is 250 g/mol. The van der Waals surface area contributed by atoms with Crippen molar-refractivity contribution in [2.75, 3.05) is 39.1 Å². The molecule has 98 valence electrons. The van der Waals surface area contributed by atoms with Crippen LogP contribution in [0.2, 0.25) is 0 Å². The number of methoxy groups -OCH3 is 1. The smallest absolute Gasteiger partial charge is 0.256 e. The maximum Gasteiger partial charge on any atom is 0.256 e. The molecule has 1 aromatic carbocycles. The maximum absolute atomic E-state index is 12.3. The number of morpholine rings is 1. The van der Waals surface area contributed by atoms with Crippen LogP contribution in [0.15, 0.2) is 24.3 Å². The molecule has 1 aliphatic heterocycles. The molecule has 1 aliphatic rings. The molecule has 5 nitrogen and oxygen atoms in total. The van der Waals surface area contributed by atoms with Crippen molar-refractivity contribution in [2.45, 2.75) is 6.10 Å². The van der Waals surface area contributed by atoms with Gasteiger partial charge < -0.3 is 20.1 Å². The van der Waals surface area contributed by atoms with E-state index >= 15 is 0 Å². The molecule has 0 aliphatic carbocycles. The van der Waals surface area contributed by atoms with E-state index in [0.29, 0.717) is 37.6 Å². The lowest BCUT2D eigenvalue weighted by Crippen LogP contribution is -2.47. The molecule has 1 aromatic rings. The summed E-state index contributed by atoms with van der Waals surface area (Å²) in [4.78, 5) is 14.1. The minimum Gasteiger partial charge on any atom is -0.398 e. The first-order valence-electron chi connectivity index (χ1n) is 5.96. The summed E-state index contributed by atoms with van der Waals surface area (Å²) in [6.45, 7) is 2.16. The predicted octanol–water partition coefficient (Wildman–Crippen LogP) is 0.756. The van der Waals surface area contributed by atoms with Gasteiger partial charge in [-0.2, -0.15) is 0 Å². The van der Waals surface area contributed by atoms with Crippen molar-refractivity contribution in [3.8, 4) is 0 Å². The Balaban J connectivity index is 2.07. The third-order valence-corrected chi connectivity index (χ3v) is 2.97. The normalized spacial score (nSPS) is 19.8. The van der Waals surface area contributed by atoms with E-state index in [9.17, 15) is 4.79 Å². The molecule has 1 amide bonds. The second-order valence-corrected chi connectivity index (χ2v) is 4.29. The van der Waals surface area contributed by atoms with E-state index in [1.165, 1.54) is 0 Å². The van der Waals surface area contributed by atoms with E-state index in [2.05, 4.69) is 0 Å².